The quantitative estimate of drug-likeness (QED) is 0.499. The monoisotopic (exact) mass is 493 g/mol. The second-order valence-electron chi connectivity index (χ2n) is 8.19. The fourth-order valence-corrected chi connectivity index (χ4v) is 5.04. The molecule has 1 aromatic heterocycles. The summed E-state index contributed by atoms with van der Waals surface area (Å²) in [6.45, 7) is 0.523. The minimum absolute atomic E-state index is 0.0828. The number of pyridine rings is 1. The van der Waals surface area contributed by atoms with E-state index >= 15 is 8.78 Å². The smallest absolute Gasteiger partial charge is 0.449 e. The molecule has 3 aliphatic rings. The van der Waals surface area contributed by atoms with Gasteiger partial charge >= 0.3 is 6.16 Å². The zero-order valence-electron chi connectivity index (χ0n) is 16.1. The second-order valence-corrected chi connectivity index (χ2v) is 8.98. The minimum Gasteiger partial charge on any atom is -0.449 e. The highest BCUT2D eigenvalue weighted by Gasteiger charge is 2.44. The Labute approximate surface area is 183 Å². The standard InChI is InChI=1S/C21H18BrF2N3O4/c22-14-13-17(27(11-4-5-11)8-12(19(13)28)31-20(29)30)16(24)18(15(14)23)26-7-10-3-1-2-6-21(10,25)9-26/h1-3,6,8,10-11H,4-5,7,9,25H2,(H,29,30). The molecule has 2 heterocycles. The summed E-state index contributed by atoms with van der Waals surface area (Å²) in [7, 11) is 0. The van der Waals surface area contributed by atoms with Gasteiger partial charge in [-0.1, -0.05) is 24.3 Å². The van der Waals surface area contributed by atoms with Crippen molar-refractivity contribution in [1.29, 1.82) is 0 Å². The first-order valence-electron chi connectivity index (χ1n) is 9.77. The van der Waals surface area contributed by atoms with Gasteiger partial charge in [-0.2, -0.15) is 0 Å². The molecule has 0 spiro atoms. The summed E-state index contributed by atoms with van der Waals surface area (Å²) in [5.74, 6) is -2.42. The van der Waals surface area contributed by atoms with Crippen molar-refractivity contribution in [3.8, 4) is 5.75 Å². The summed E-state index contributed by atoms with van der Waals surface area (Å²) in [4.78, 5) is 25.4. The Bertz CT molecular complexity index is 1250. The van der Waals surface area contributed by atoms with Crippen LogP contribution in [0.2, 0.25) is 0 Å². The van der Waals surface area contributed by atoms with Gasteiger partial charge in [-0.3, -0.25) is 4.79 Å². The number of hydrogen-bond acceptors (Lipinski definition) is 5. The molecule has 10 heteroatoms. The predicted molar refractivity (Wildman–Crippen MR) is 114 cm³/mol. The lowest BCUT2D eigenvalue weighted by molar-refractivity contribution is 0.143. The van der Waals surface area contributed by atoms with E-state index in [9.17, 15) is 9.59 Å². The predicted octanol–water partition coefficient (Wildman–Crippen LogP) is 3.69. The molecular weight excluding hydrogens is 476 g/mol. The number of nitrogens with zero attached hydrogens (tertiary/aromatic N) is 2. The van der Waals surface area contributed by atoms with Crippen molar-refractivity contribution < 1.29 is 23.4 Å². The highest BCUT2D eigenvalue weighted by molar-refractivity contribution is 9.10. The molecule has 1 aliphatic heterocycles. The summed E-state index contributed by atoms with van der Waals surface area (Å²) in [5.41, 5.74) is 4.47. The van der Waals surface area contributed by atoms with Crippen LogP contribution in [0.3, 0.4) is 0 Å². The Morgan fingerprint density at radius 1 is 1.29 bits per heavy atom. The zero-order valence-corrected chi connectivity index (χ0v) is 17.7. The van der Waals surface area contributed by atoms with Crippen LogP contribution >= 0.6 is 15.9 Å². The topological polar surface area (TPSA) is 97.8 Å². The molecule has 162 valence electrons. The number of aromatic nitrogens is 1. The molecule has 5 rings (SSSR count). The Kier molecular flexibility index (Phi) is 4.49. The molecule has 2 unspecified atom stereocenters. The average molecular weight is 494 g/mol. The van der Waals surface area contributed by atoms with Gasteiger partial charge in [-0.25, -0.2) is 13.6 Å². The molecule has 0 amide bonds. The van der Waals surface area contributed by atoms with Crippen LogP contribution in [0.5, 0.6) is 5.75 Å². The summed E-state index contributed by atoms with van der Waals surface area (Å²) >= 11 is 3.11. The number of ether oxygens (including phenoxy) is 1. The molecule has 2 fully saturated rings. The van der Waals surface area contributed by atoms with Gasteiger partial charge in [0.05, 0.1) is 27.1 Å². The van der Waals surface area contributed by atoms with Crippen LogP contribution < -0.4 is 20.8 Å². The fourth-order valence-electron chi connectivity index (χ4n) is 4.48. The molecule has 2 aromatic rings. The maximum absolute atomic E-state index is 15.9. The molecule has 2 aliphatic carbocycles. The molecule has 7 nitrogen and oxygen atoms in total. The van der Waals surface area contributed by atoms with E-state index in [1.54, 1.807) is 4.90 Å². The third kappa shape index (κ3) is 3.08. The van der Waals surface area contributed by atoms with Crippen molar-refractivity contribution in [2.45, 2.75) is 24.4 Å². The maximum Gasteiger partial charge on any atom is 0.511 e. The third-order valence-electron chi connectivity index (χ3n) is 6.13. The van der Waals surface area contributed by atoms with E-state index in [1.165, 1.54) is 10.8 Å². The van der Waals surface area contributed by atoms with Gasteiger partial charge in [-0.05, 0) is 28.8 Å². The van der Waals surface area contributed by atoms with Gasteiger partial charge in [0, 0.05) is 25.0 Å². The molecule has 3 N–H and O–H groups in total. The van der Waals surface area contributed by atoms with E-state index < -0.39 is 34.5 Å². The van der Waals surface area contributed by atoms with Crippen LogP contribution in [0.1, 0.15) is 18.9 Å². The number of hydrogen-bond donors (Lipinski definition) is 2. The van der Waals surface area contributed by atoms with E-state index in [2.05, 4.69) is 20.7 Å². The number of benzene rings is 1. The first kappa shape index (κ1) is 20.2. The molecule has 31 heavy (non-hydrogen) atoms. The van der Waals surface area contributed by atoms with Crippen LogP contribution in [-0.4, -0.2) is 34.5 Å². The van der Waals surface area contributed by atoms with E-state index in [-0.39, 0.29) is 39.6 Å². The van der Waals surface area contributed by atoms with Crippen molar-refractivity contribution in [3.63, 3.8) is 0 Å². The number of carbonyl (C=O) groups is 1. The Balaban J connectivity index is 1.75. The van der Waals surface area contributed by atoms with Gasteiger partial charge in [0.2, 0.25) is 5.43 Å². The van der Waals surface area contributed by atoms with Gasteiger partial charge in [0.1, 0.15) is 5.69 Å². The second kappa shape index (κ2) is 6.89. The summed E-state index contributed by atoms with van der Waals surface area (Å²) in [5, 5.41) is 8.65. The summed E-state index contributed by atoms with van der Waals surface area (Å²) in [6.07, 6.45) is 8.38. The van der Waals surface area contributed by atoms with Crippen LogP contribution in [0, 0.1) is 17.6 Å². The Morgan fingerprint density at radius 3 is 2.68 bits per heavy atom. The first-order valence-corrected chi connectivity index (χ1v) is 10.6. The highest BCUT2D eigenvalue weighted by atomic mass is 79.9. The molecular formula is C21H18BrF2N3O4. The number of allylic oxidation sites excluding steroid dienone is 2. The van der Waals surface area contributed by atoms with E-state index in [1.807, 2.05) is 24.3 Å². The molecule has 0 bridgehead atoms. The van der Waals surface area contributed by atoms with Crippen molar-refractivity contribution in [1.82, 2.24) is 4.57 Å². The van der Waals surface area contributed by atoms with E-state index in [0.29, 0.717) is 6.54 Å². The van der Waals surface area contributed by atoms with Gasteiger partial charge in [-0.15, -0.1) is 0 Å². The van der Waals surface area contributed by atoms with E-state index in [0.717, 1.165) is 12.8 Å². The van der Waals surface area contributed by atoms with Crippen molar-refractivity contribution in [3.05, 3.63) is 56.8 Å². The Morgan fingerprint density at radius 2 is 2.03 bits per heavy atom. The molecule has 1 aromatic carbocycles. The lowest BCUT2D eigenvalue weighted by Gasteiger charge is -2.27. The lowest BCUT2D eigenvalue weighted by Crippen LogP contribution is -2.46. The molecule has 0 radical (unpaired) electrons. The van der Waals surface area contributed by atoms with Crippen molar-refractivity contribution in [2.24, 2.45) is 11.7 Å². The Hall–Kier alpha value is -2.72. The minimum atomic E-state index is -1.68. The zero-order chi connectivity index (χ0) is 22.1. The first-order chi connectivity index (χ1) is 14.7. The fraction of sp³-hybridized carbons (Fsp3) is 0.333. The number of anilines is 1. The van der Waals surface area contributed by atoms with Crippen molar-refractivity contribution >= 4 is 38.7 Å². The number of halogens is 3. The van der Waals surface area contributed by atoms with Gasteiger partial charge in [0.15, 0.2) is 17.4 Å². The third-order valence-corrected chi connectivity index (χ3v) is 6.87. The van der Waals surface area contributed by atoms with Gasteiger partial charge in [0.25, 0.3) is 0 Å². The van der Waals surface area contributed by atoms with Crippen LogP contribution in [0.15, 0.2) is 39.8 Å². The molecule has 1 saturated carbocycles. The lowest BCUT2D eigenvalue weighted by atomic mass is 9.85. The van der Waals surface area contributed by atoms with Gasteiger partial charge < -0.3 is 25.0 Å². The van der Waals surface area contributed by atoms with Crippen LogP contribution in [-0.2, 0) is 0 Å². The molecule has 2 atom stereocenters. The summed E-state index contributed by atoms with van der Waals surface area (Å²) in [6, 6.07) is -0.133. The average Bonchev–Trinajstić information content (AvgIpc) is 3.48. The number of nitrogens with two attached hydrogens (primary N) is 1. The normalized spacial score (nSPS) is 24.6. The van der Waals surface area contributed by atoms with E-state index in [4.69, 9.17) is 10.8 Å². The summed E-state index contributed by atoms with van der Waals surface area (Å²) < 4.78 is 37.2. The number of carboxylic acid groups (broad SMARTS) is 1. The van der Waals surface area contributed by atoms with Crippen LogP contribution in [0.4, 0.5) is 19.3 Å². The van der Waals surface area contributed by atoms with Crippen LogP contribution in [0.25, 0.3) is 10.9 Å². The maximum atomic E-state index is 15.9. The SMILES string of the molecule is NC12C=CC=CC1CN(c1c(F)c(Br)c3c(=O)c(OC(=O)O)cn(C4CC4)c3c1F)C2. The largest absolute Gasteiger partial charge is 0.511 e. The number of fused-ring (bicyclic) bond motifs is 2. The van der Waals surface area contributed by atoms with Crippen molar-refractivity contribution in [2.75, 3.05) is 18.0 Å². The molecule has 1 saturated heterocycles. The number of rotatable bonds is 3. The highest BCUT2D eigenvalue weighted by Crippen LogP contribution is 2.44.